The van der Waals surface area contributed by atoms with Gasteiger partial charge in [-0.1, -0.05) is 13.3 Å². The quantitative estimate of drug-likeness (QED) is 0.609. The molecule has 0 spiro atoms. The maximum atomic E-state index is 5.59. The van der Waals surface area contributed by atoms with Crippen molar-refractivity contribution in [1.29, 1.82) is 0 Å². The lowest BCUT2D eigenvalue weighted by atomic mass is 9.80. The van der Waals surface area contributed by atoms with E-state index in [-0.39, 0.29) is 0 Å². The molecule has 0 bridgehead atoms. The summed E-state index contributed by atoms with van der Waals surface area (Å²) in [5, 5.41) is 3.07. The molecule has 0 heterocycles. The van der Waals surface area contributed by atoms with Gasteiger partial charge in [-0.05, 0) is 25.8 Å². The fraction of sp³-hybridized carbons (Fsp3) is 1.00. The summed E-state index contributed by atoms with van der Waals surface area (Å²) < 4.78 is 5.59. The molecule has 1 rings (SSSR count). The predicted molar refractivity (Wildman–Crippen MR) is 46.7 cm³/mol. The van der Waals surface area contributed by atoms with Gasteiger partial charge in [0.2, 0.25) is 0 Å². The van der Waals surface area contributed by atoms with Crippen molar-refractivity contribution in [2.45, 2.75) is 32.3 Å². The molecular weight excluding hydrogens is 138 g/mol. The third kappa shape index (κ3) is 2.80. The van der Waals surface area contributed by atoms with E-state index in [4.69, 9.17) is 4.74 Å². The van der Waals surface area contributed by atoms with Gasteiger partial charge in [0.15, 0.2) is 0 Å². The van der Waals surface area contributed by atoms with Crippen LogP contribution in [0, 0.1) is 5.92 Å². The van der Waals surface area contributed by atoms with Gasteiger partial charge < -0.3 is 10.1 Å². The smallest absolute Gasteiger partial charge is 0.0594 e. The molecule has 2 heteroatoms. The van der Waals surface area contributed by atoms with Crippen LogP contribution in [-0.2, 0) is 4.74 Å². The average Bonchev–Trinajstić information content (AvgIpc) is 1.94. The van der Waals surface area contributed by atoms with Crippen molar-refractivity contribution in [1.82, 2.24) is 5.32 Å². The number of nitrogens with one attached hydrogen (secondary N) is 1. The third-order valence-electron chi connectivity index (χ3n) is 2.48. The molecule has 1 aliphatic rings. The summed E-state index contributed by atoms with van der Waals surface area (Å²) >= 11 is 0. The summed E-state index contributed by atoms with van der Waals surface area (Å²) in [6.07, 6.45) is 4.49. The van der Waals surface area contributed by atoms with Crippen LogP contribution in [0.15, 0.2) is 0 Å². The van der Waals surface area contributed by atoms with E-state index in [0.29, 0.717) is 6.10 Å². The van der Waals surface area contributed by atoms with E-state index < -0.39 is 0 Å². The summed E-state index contributed by atoms with van der Waals surface area (Å²) in [6, 6.07) is 0. The zero-order chi connectivity index (χ0) is 8.10. The Labute approximate surface area is 69.3 Å². The molecule has 1 N–H and O–H groups in total. The third-order valence-corrected chi connectivity index (χ3v) is 2.48. The molecule has 0 aliphatic heterocycles. The predicted octanol–water partition coefficient (Wildman–Crippen LogP) is 1.41. The Hall–Kier alpha value is -0.0800. The largest absolute Gasteiger partial charge is 0.377 e. The van der Waals surface area contributed by atoms with E-state index in [1.54, 1.807) is 0 Å². The van der Waals surface area contributed by atoms with Crippen molar-refractivity contribution >= 4 is 0 Å². The average molecular weight is 157 g/mol. The van der Waals surface area contributed by atoms with Crippen molar-refractivity contribution < 1.29 is 4.74 Å². The van der Waals surface area contributed by atoms with Crippen molar-refractivity contribution in [3.63, 3.8) is 0 Å². The second-order valence-electron chi connectivity index (χ2n) is 3.34. The first kappa shape index (κ1) is 9.01. The molecule has 0 saturated heterocycles. The Bertz CT molecular complexity index is 99.7. The molecule has 0 aromatic carbocycles. The summed E-state index contributed by atoms with van der Waals surface area (Å²) in [5.41, 5.74) is 0. The van der Waals surface area contributed by atoms with Crippen molar-refractivity contribution in [2.75, 3.05) is 20.2 Å². The van der Waals surface area contributed by atoms with Crippen LogP contribution in [-0.4, -0.2) is 26.3 Å². The molecule has 2 nitrogen and oxygen atoms in total. The van der Waals surface area contributed by atoms with Gasteiger partial charge in [-0.15, -0.1) is 0 Å². The highest BCUT2D eigenvalue weighted by Gasteiger charge is 2.27. The second kappa shape index (κ2) is 4.73. The van der Waals surface area contributed by atoms with Crippen LogP contribution in [0.5, 0.6) is 0 Å². The lowest BCUT2D eigenvalue weighted by molar-refractivity contribution is -0.0291. The standard InChI is InChI=1S/C9H19NO/c1-3-8-6-9(7-8)11-5-4-10-2/h8-10H,3-7H2,1-2H3. The fourth-order valence-electron chi connectivity index (χ4n) is 1.47. The maximum absolute atomic E-state index is 5.59. The van der Waals surface area contributed by atoms with Crippen LogP contribution >= 0.6 is 0 Å². The highest BCUT2D eigenvalue weighted by molar-refractivity contribution is 4.78. The topological polar surface area (TPSA) is 21.3 Å². The normalized spacial score (nSPS) is 30.0. The minimum absolute atomic E-state index is 0.577. The number of likely N-dealkylation sites (N-methyl/N-ethyl adjacent to an activating group) is 1. The number of rotatable bonds is 5. The number of hydrogen-bond donors (Lipinski definition) is 1. The molecule has 1 saturated carbocycles. The summed E-state index contributed by atoms with van der Waals surface area (Å²) in [7, 11) is 1.96. The van der Waals surface area contributed by atoms with E-state index in [1.807, 2.05) is 7.05 Å². The van der Waals surface area contributed by atoms with Gasteiger partial charge >= 0.3 is 0 Å². The Morgan fingerprint density at radius 1 is 1.45 bits per heavy atom. The Morgan fingerprint density at radius 3 is 2.73 bits per heavy atom. The Balaban J connectivity index is 1.88. The van der Waals surface area contributed by atoms with E-state index in [0.717, 1.165) is 19.1 Å². The van der Waals surface area contributed by atoms with Gasteiger partial charge in [0.1, 0.15) is 0 Å². The van der Waals surface area contributed by atoms with E-state index in [1.165, 1.54) is 19.3 Å². The van der Waals surface area contributed by atoms with Crippen molar-refractivity contribution in [2.24, 2.45) is 5.92 Å². The first-order chi connectivity index (χ1) is 5.36. The Kier molecular flexibility index (Phi) is 3.87. The first-order valence-electron chi connectivity index (χ1n) is 4.63. The monoisotopic (exact) mass is 157 g/mol. The maximum Gasteiger partial charge on any atom is 0.0594 e. The van der Waals surface area contributed by atoms with Crippen LogP contribution in [0.25, 0.3) is 0 Å². The van der Waals surface area contributed by atoms with Gasteiger partial charge in [-0.2, -0.15) is 0 Å². The number of ether oxygens (including phenoxy) is 1. The molecule has 0 amide bonds. The number of hydrogen-bond acceptors (Lipinski definition) is 2. The lowest BCUT2D eigenvalue weighted by Gasteiger charge is -2.34. The first-order valence-corrected chi connectivity index (χ1v) is 4.63. The van der Waals surface area contributed by atoms with Gasteiger partial charge in [-0.25, -0.2) is 0 Å². The van der Waals surface area contributed by atoms with E-state index in [2.05, 4.69) is 12.2 Å². The van der Waals surface area contributed by atoms with Crippen molar-refractivity contribution in [3.8, 4) is 0 Å². The minimum atomic E-state index is 0.577. The summed E-state index contributed by atoms with van der Waals surface area (Å²) in [5.74, 6) is 0.953. The molecule has 11 heavy (non-hydrogen) atoms. The van der Waals surface area contributed by atoms with Gasteiger partial charge in [0.25, 0.3) is 0 Å². The molecule has 1 fully saturated rings. The van der Waals surface area contributed by atoms with Crippen LogP contribution in [0.1, 0.15) is 26.2 Å². The van der Waals surface area contributed by atoms with Crippen LogP contribution in [0.4, 0.5) is 0 Å². The summed E-state index contributed by atoms with van der Waals surface area (Å²) in [4.78, 5) is 0. The van der Waals surface area contributed by atoms with E-state index in [9.17, 15) is 0 Å². The van der Waals surface area contributed by atoms with Crippen LogP contribution in [0.2, 0.25) is 0 Å². The lowest BCUT2D eigenvalue weighted by Crippen LogP contribution is -2.32. The zero-order valence-electron chi connectivity index (χ0n) is 7.60. The van der Waals surface area contributed by atoms with Crippen LogP contribution < -0.4 is 5.32 Å². The second-order valence-corrected chi connectivity index (χ2v) is 3.34. The SMILES string of the molecule is CCC1CC(OCCNC)C1. The molecule has 1 aliphatic carbocycles. The van der Waals surface area contributed by atoms with Crippen LogP contribution in [0.3, 0.4) is 0 Å². The van der Waals surface area contributed by atoms with Crippen molar-refractivity contribution in [3.05, 3.63) is 0 Å². The van der Waals surface area contributed by atoms with Gasteiger partial charge in [0, 0.05) is 6.54 Å². The fourth-order valence-corrected chi connectivity index (χ4v) is 1.47. The molecule has 0 aromatic rings. The highest BCUT2D eigenvalue weighted by Crippen LogP contribution is 2.31. The zero-order valence-corrected chi connectivity index (χ0v) is 7.60. The molecule has 0 aromatic heterocycles. The Morgan fingerprint density at radius 2 is 2.18 bits per heavy atom. The molecule has 0 radical (unpaired) electrons. The van der Waals surface area contributed by atoms with Gasteiger partial charge in [0.05, 0.1) is 12.7 Å². The molecule has 0 unspecified atom stereocenters. The van der Waals surface area contributed by atoms with E-state index >= 15 is 0 Å². The molecule has 66 valence electrons. The summed E-state index contributed by atoms with van der Waals surface area (Å²) in [6.45, 7) is 4.11. The molecular formula is C9H19NO. The minimum Gasteiger partial charge on any atom is -0.377 e. The molecule has 0 atom stereocenters. The van der Waals surface area contributed by atoms with Gasteiger partial charge in [-0.3, -0.25) is 0 Å². The highest BCUT2D eigenvalue weighted by atomic mass is 16.5.